The highest BCUT2D eigenvalue weighted by Gasteiger charge is 2.34. The number of carbonyl (C=O) groups is 1. The Hall–Kier alpha value is -2.13. The van der Waals surface area contributed by atoms with Gasteiger partial charge in [0.1, 0.15) is 5.70 Å². The molecule has 1 atom stereocenters. The zero-order chi connectivity index (χ0) is 31.5. The molecule has 0 aromatic heterocycles. The number of rotatable bonds is 11. The normalized spacial score (nSPS) is 19.8. The van der Waals surface area contributed by atoms with Gasteiger partial charge in [0.25, 0.3) is 5.91 Å². The van der Waals surface area contributed by atoms with Gasteiger partial charge in [-0.1, -0.05) is 69.2 Å². The van der Waals surface area contributed by atoms with Gasteiger partial charge >= 0.3 is 0 Å². The Morgan fingerprint density at radius 3 is 2.10 bits per heavy atom. The second-order valence-electron chi connectivity index (χ2n) is 10.7. The van der Waals surface area contributed by atoms with Crippen LogP contribution in [0, 0.1) is 0 Å². The van der Waals surface area contributed by atoms with E-state index in [1.165, 1.54) is 24.0 Å². The van der Waals surface area contributed by atoms with Crippen LogP contribution in [-0.4, -0.2) is 83.7 Å². The number of hydrogen-bond acceptors (Lipinski definition) is 7. The number of hydrogen-bond donors (Lipinski definition) is 3. The number of carbonyl (C=O) groups excluding carboxylic acids is 1. The lowest BCUT2D eigenvalue weighted by molar-refractivity contribution is -0.114. The predicted octanol–water partition coefficient (Wildman–Crippen LogP) is 5.36. The van der Waals surface area contributed by atoms with Crippen LogP contribution < -0.4 is 17.2 Å². The minimum atomic E-state index is -0.700. The van der Waals surface area contributed by atoms with E-state index in [0.717, 1.165) is 65.1 Å². The third kappa shape index (κ3) is 14.1. The maximum atomic E-state index is 11.6. The fourth-order valence-electron chi connectivity index (χ4n) is 4.89. The molecule has 236 valence electrons. The highest BCUT2D eigenvalue weighted by molar-refractivity contribution is 6.69. The first-order valence-corrected chi connectivity index (χ1v) is 15.8. The molecular formula is C32H60ClN7O. The summed E-state index contributed by atoms with van der Waals surface area (Å²) in [6, 6.07) is 1.02. The topological polar surface area (TPSA) is 117 Å². The van der Waals surface area contributed by atoms with Crippen LogP contribution in [-0.2, 0) is 4.79 Å². The van der Waals surface area contributed by atoms with Gasteiger partial charge in [-0.25, -0.2) is 4.99 Å². The van der Waals surface area contributed by atoms with Crippen molar-refractivity contribution >= 4 is 22.7 Å². The molecule has 0 aromatic carbocycles. The molecule has 1 unspecified atom stereocenters. The molecule has 0 bridgehead atoms. The summed E-state index contributed by atoms with van der Waals surface area (Å²) < 4.78 is 0. The molecule has 41 heavy (non-hydrogen) atoms. The average Bonchev–Trinajstić information content (AvgIpc) is 2.98. The Balaban J connectivity index is 0.00000205. The number of likely N-dealkylation sites (tertiary alicyclic amines) is 1. The molecule has 9 heteroatoms. The lowest BCUT2D eigenvalue weighted by atomic mass is 9.97. The Kier molecular flexibility index (Phi) is 20.4. The van der Waals surface area contributed by atoms with Crippen molar-refractivity contribution in [1.29, 1.82) is 0 Å². The molecule has 0 spiro atoms. The van der Waals surface area contributed by atoms with Crippen molar-refractivity contribution < 1.29 is 4.79 Å². The van der Waals surface area contributed by atoms with Gasteiger partial charge < -0.3 is 22.1 Å². The summed E-state index contributed by atoms with van der Waals surface area (Å²) >= 11 is 6.41. The highest BCUT2D eigenvalue weighted by Crippen LogP contribution is 2.26. The first kappa shape index (κ1) is 38.9. The van der Waals surface area contributed by atoms with Crippen molar-refractivity contribution in [1.82, 2.24) is 14.7 Å². The maximum absolute atomic E-state index is 11.6. The van der Waals surface area contributed by atoms with E-state index in [-0.39, 0.29) is 16.6 Å². The van der Waals surface area contributed by atoms with Crippen LogP contribution in [0.25, 0.3) is 0 Å². The van der Waals surface area contributed by atoms with Crippen LogP contribution in [0.4, 0.5) is 0 Å². The Morgan fingerprint density at radius 1 is 1.07 bits per heavy atom. The minimum absolute atomic E-state index is 0.0207. The average molecular weight is 594 g/mol. The fraction of sp³-hybridized carbons (Fsp3) is 0.688. The van der Waals surface area contributed by atoms with Crippen molar-refractivity contribution in [2.45, 2.75) is 99.6 Å². The second-order valence-corrected chi connectivity index (χ2v) is 11.0. The van der Waals surface area contributed by atoms with Gasteiger partial charge in [-0.05, 0) is 79.4 Å². The van der Waals surface area contributed by atoms with Gasteiger partial charge in [0.05, 0.1) is 5.70 Å². The zero-order valence-corrected chi connectivity index (χ0v) is 28.1. The molecule has 2 aliphatic heterocycles. The van der Waals surface area contributed by atoms with Crippen molar-refractivity contribution in [2.75, 3.05) is 45.8 Å². The molecule has 2 rings (SSSR count). The van der Waals surface area contributed by atoms with Crippen LogP contribution in [0.3, 0.4) is 0 Å². The minimum Gasteiger partial charge on any atom is -0.400 e. The molecule has 0 aromatic rings. The molecule has 0 saturated carbocycles. The largest absolute Gasteiger partial charge is 0.400 e. The molecule has 2 fully saturated rings. The van der Waals surface area contributed by atoms with Gasteiger partial charge in [-0.3, -0.25) is 14.6 Å². The van der Waals surface area contributed by atoms with Gasteiger partial charge in [0.2, 0.25) is 0 Å². The van der Waals surface area contributed by atoms with Crippen LogP contribution >= 0.6 is 11.6 Å². The quantitative estimate of drug-likeness (QED) is 0.169. The number of amides is 1. The molecule has 6 N–H and O–H groups in total. The molecular weight excluding hydrogens is 534 g/mol. The van der Waals surface area contributed by atoms with Crippen LogP contribution in [0.2, 0.25) is 0 Å². The summed E-state index contributed by atoms with van der Waals surface area (Å²) in [5, 5.41) is 0.157. The third-order valence-electron chi connectivity index (χ3n) is 7.52. The van der Waals surface area contributed by atoms with Gasteiger partial charge in [-0.15, -0.1) is 0 Å². The lowest BCUT2D eigenvalue weighted by Gasteiger charge is -2.48. The van der Waals surface area contributed by atoms with E-state index in [9.17, 15) is 4.79 Å². The summed E-state index contributed by atoms with van der Waals surface area (Å²) in [7, 11) is 0. The zero-order valence-electron chi connectivity index (χ0n) is 27.3. The van der Waals surface area contributed by atoms with E-state index in [4.69, 9.17) is 28.8 Å². The number of aliphatic imine (C=N–C) groups is 1. The lowest BCUT2D eigenvalue weighted by Crippen LogP contribution is -2.58. The van der Waals surface area contributed by atoms with E-state index in [1.807, 2.05) is 20.8 Å². The van der Waals surface area contributed by atoms with Gasteiger partial charge in [0, 0.05) is 44.0 Å². The molecule has 2 heterocycles. The van der Waals surface area contributed by atoms with E-state index >= 15 is 0 Å². The Morgan fingerprint density at radius 2 is 1.66 bits per heavy atom. The Bertz CT molecular complexity index is 909. The number of primary amides is 1. The molecule has 1 amide bonds. The molecule has 8 nitrogen and oxygen atoms in total. The number of piperazine rings is 1. The number of piperidine rings is 1. The summed E-state index contributed by atoms with van der Waals surface area (Å²) in [5.74, 6) is -0.700. The summed E-state index contributed by atoms with van der Waals surface area (Å²) in [4.78, 5) is 23.2. The van der Waals surface area contributed by atoms with E-state index < -0.39 is 5.91 Å². The summed E-state index contributed by atoms with van der Waals surface area (Å²) in [6.45, 7) is 27.0. The van der Waals surface area contributed by atoms with Gasteiger partial charge in [-0.2, -0.15) is 0 Å². The number of nitrogens with two attached hydrogens (primary N) is 3. The van der Waals surface area contributed by atoms with Crippen molar-refractivity contribution in [3.63, 3.8) is 0 Å². The predicted molar refractivity (Wildman–Crippen MR) is 179 cm³/mol. The van der Waals surface area contributed by atoms with Crippen LogP contribution in [0.15, 0.2) is 52.0 Å². The highest BCUT2D eigenvalue weighted by atomic mass is 35.5. The van der Waals surface area contributed by atoms with Crippen LogP contribution in [0.5, 0.6) is 0 Å². The second kappa shape index (κ2) is 21.6. The standard InChI is InChI=1S/C25H44ClN7O.C5H10.C2H6/c1-5-20(8-7-11-27)16-31-12-9-22(10-13-31)33-15-14-32(17-21(33)6-2)19(4)24(26)30-23(18(3)28)25(29)34;1-4-5(2)3;1-2/h8,21-22H,4-7,9-17,27-28H2,1-3H3,(H2,29,34);4H,1-3H3;1-2H3/b20-8-,23-18+,30-24?;;. The first-order valence-electron chi connectivity index (χ1n) is 15.4. The fourth-order valence-corrected chi connectivity index (χ4v) is 5.10. The van der Waals surface area contributed by atoms with E-state index in [1.54, 1.807) is 6.92 Å². The SMILES string of the molecule is C=C(C(Cl)=N/C(C(N)=O)=C(\C)N)N1CCN(C2CCN(C/C(=C\CCN)CC)CC2)C(CC)C1.CC.CC=C(C)C. The van der Waals surface area contributed by atoms with E-state index in [0.29, 0.717) is 17.8 Å². The number of allylic oxidation sites excluding steroid dienone is 4. The number of halogens is 1. The van der Waals surface area contributed by atoms with Crippen molar-refractivity contribution in [3.8, 4) is 0 Å². The van der Waals surface area contributed by atoms with Crippen LogP contribution in [0.1, 0.15) is 87.5 Å². The molecule has 2 saturated heterocycles. The first-order chi connectivity index (χ1) is 19.5. The van der Waals surface area contributed by atoms with Crippen molar-refractivity contribution in [2.24, 2.45) is 22.2 Å². The third-order valence-corrected chi connectivity index (χ3v) is 7.82. The van der Waals surface area contributed by atoms with Gasteiger partial charge in [0.15, 0.2) is 5.17 Å². The molecule has 0 aliphatic carbocycles. The molecule has 2 aliphatic rings. The van der Waals surface area contributed by atoms with Crippen molar-refractivity contribution in [3.05, 3.63) is 47.0 Å². The summed E-state index contributed by atoms with van der Waals surface area (Å²) in [6.07, 6.45) is 9.89. The monoisotopic (exact) mass is 593 g/mol. The maximum Gasteiger partial charge on any atom is 0.269 e. The summed E-state index contributed by atoms with van der Waals surface area (Å²) in [5.41, 5.74) is 20.5. The Labute approximate surface area is 256 Å². The van der Waals surface area contributed by atoms with E-state index in [2.05, 4.69) is 66.1 Å². The number of nitrogens with zero attached hydrogens (tertiary/aromatic N) is 4. The molecule has 0 radical (unpaired) electrons. The smallest absolute Gasteiger partial charge is 0.269 e.